The fourth-order valence-electron chi connectivity index (χ4n) is 2.02. The molecule has 0 saturated carbocycles. The first-order chi connectivity index (χ1) is 7.85. The van der Waals surface area contributed by atoms with Crippen LogP contribution >= 0.6 is 0 Å². The third-order valence-corrected chi connectivity index (χ3v) is 2.82. The molecule has 0 aliphatic heterocycles. The van der Waals surface area contributed by atoms with Crippen LogP contribution in [0.2, 0.25) is 0 Å². The summed E-state index contributed by atoms with van der Waals surface area (Å²) in [4.78, 5) is 0. The van der Waals surface area contributed by atoms with Gasteiger partial charge in [-0.1, -0.05) is 36.4 Å². The Labute approximate surface area is 95.2 Å². The van der Waals surface area contributed by atoms with Gasteiger partial charge in [0, 0.05) is 13.2 Å². The van der Waals surface area contributed by atoms with Crippen LogP contribution in [0.15, 0.2) is 36.4 Å². The summed E-state index contributed by atoms with van der Waals surface area (Å²) in [5, 5.41) is 20.3. The second-order valence-electron chi connectivity index (χ2n) is 3.92. The zero-order valence-corrected chi connectivity index (χ0v) is 9.19. The van der Waals surface area contributed by atoms with Gasteiger partial charge in [0.05, 0.1) is 0 Å². The summed E-state index contributed by atoms with van der Waals surface area (Å²) >= 11 is 0. The van der Waals surface area contributed by atoms with E-state index >= 15 is 0 Å². The van der Waals surface area contributed by atoms with Crippen molar-refractivity contribution in [3.8, 4) is 0 Å². The zero-order valence-electron chi connectivity index (χ0n) is 9.19. The molecule has 2 aromatic rings. The predicted octanol–water partition coefficient (Wildman–Crippen LogP) is 1.91. The summed E-state index contributed by atoms with van der Waals surface area (Å²) in [6, 6.07) is 12.3. The van der Waals surface area contributed by atoms with Crippen LogP contribution in [0.4, 0.5) is 0 Å². The van der Waals surface area contributed by atoms with Gasteiger partial charge in [-0.05, 0) is 34.7 Å². The summed E-state index contributed by atoms with van der Waals surface area (Å²) in [7, 11) is 0. The Bertz CT molecular complexity index is 477. The van der Waals surface area contributed by atoms with Crippen molar-refractivity contribution in [1.29, 1.82) is 0 Å². The van der Waals surface area contributed by atoms with E-state index in [4.69, 9.17) is 10.2 Å². The monoisotopic (exact) mass is 216 g/mol. The van der Waals surface area contributed by atoms with Crippen LogP contribution in [0.25, 0.3) is 10.8 Å². The van der Waals surface area contributed by atoms with E-state index in [9.17, 15) is 0 Å². The number of hydrogen-bond acceptors (Lipinski definition) is 2. The van der Waals surface area contributed by atoms with Gasteiger partial charge in [0.1, 0.15) is 0 Å². The molecule has 2 nitrogen and oxygen atoms in total. The summed E-state index contributed by atoms with van der Waals surface area (Å²) in [6.07, 6.45) is 1.39. The maximum atomic E-state index is 8.98. The molecule has 2 aromatic carbocycles. The molecule has 2 rings (SSSR count). The molecule has 0 heterocycles. The van der Waals surface area contributed by atoms with E-state index in [2.05, 4.69) is 18.2 Å². The quantitative estimate of drug-likeness (QED) is 0.819. The van der Waals surface area contributed by atoms with Gasteiger partial charge >= 0.3 is 0 Å². The van der Waals surface area contributed by atoms with Crippen molar-refractivity contribution in [3.05, 3.63) is 47.5 Å². The molecule has 0 spiro atoms. The Morgan fingerprint density at radius 2 is 1.69 bits per heavy atom. The second-order valence-corrected chi connectivity index (χ2v) is 3.92. The number of hydrogen-bond donors (Lipinski definition) is 2. The molecule has 0 bridgehead atoms. The lowest BCUT2D eigenvalue weighted by Gasteiger charge is -2.07. The predicted molar refractivity (Wildman–Crippen MR) is 65.5 cm³/mol. The molecule has 0 atom stereocenters. The van der Waals surface area contributed by atoms with E-state index in [-0.39, 0.29) is 13.2 Å². The van der Waals surface area contributed by atoms with Crippen molar-refractivity contribution in [1.82, 2.24) is 0 Å². The normalized spacial score (nSPS) is 10.9. The molecule has 0 unspecified atom stereocenters. The average molecular weight is 216 g/mol. The molecule has 0 radical (unpaired) electrons. The maximum absolute atomic E-state index is 8.98. The highest BCUT2D eigenvalue weighted by Crippen LogP contribution is 2.21. The molecular formula is C14H16O2. The lowest BCUT2D eigenvalue weighted by molar-refractivity contribution is 0.299. The third kappa shape index (κ3) is 2.23. The highest BCUT2D eigenvalue weighted by Gasteiger charge is 2.01. The maximum Gasteiger partial charge on any atom is 0.0471 e. The van der Waals surface area contributed by atoms with Crippen LogP contribution in [0, 0.1) is 0 Å². The van der Waals surface area contributed by atoms with Crippen molar-refractivity contribution in [2.24, 2.45) is 0 Å². The topological polar surface area (TPSA) is 40.5 Å². The molecule has 2 heteroatoms. The van der Waals surface area contributed by atoms with E-state index in [0.29, 0.717) is 12.8 Å². The Morgan fingerprint density at radius 3 is 2.44 bits per heavy atom. The summed E-state index contributed by atoms with van der Waals surface area (Å²) in [6.45, 7) is 0.360. The van der Waals surface area contributed by atoms with E-state index in [0.717, 1.165) is 5.56 Å². The van der Waals surface area contributed by atoms with Gasteiger partial charge in [-0.3, -0.25) is 0 Å². The number of benzene rings is 2. The highest BCUT2D eigenvalue weighted by atomic mass is 16.3. The van der Waals surface area contributed by atoms with Gasteiger partial charge in [-0.2, -0.15) is 0 Å². The molecule has 0 amide bonds. The van der Waals surface area contributed by atoms with E-state index < -0.39 is 0 Å². The van der Waals surface area contributed by atoms with Crippen LogP contribution in [0.5, 0.6) is 0 Å². The Morgan fingerprint density at radius 1 is 0.875 bits per heavy atom. The summed E-state index contributed by atoms with van der Waals surface area (Å²) in [5.41, 5.74) is 2.33. The van der Waals surface area contributed by atoms with Crippen LogP contribution in [-0.4, -0.2) is 23.4 Å². The minimum atomic E-state index is 0.178. The molecule has 0 saturated heterocycles. The van der Waals surface area contributed by atoms with Gasteiger partial charge < -0.3 is 10.2 Å². The van der Waals surface area contributed by atoms with E-state index in [1.165, 1.54) is 16.3 Å². The van der Waals surface area contributed by atoms with Crippen LogP contribution in [-0.2, 0) is 12.8 Å². The van der Waals surface area contributed by atoms with Crippen LogP contribution in [0.1, 0.15) is 11.1 Å². The fourth-order valence-corrected chi connectivity index (χ4v) is 2.02. The fraction of sp³-hybridized carbons (Fsp3) is 0.286. The first-order valence-electron chi connectivity index (χ1n) is 5.57. The Kier molecular flexibility index (Phi) is 3.54. The van der Waals surface area contributed by atoms with Gasteiger partial charge in [0.2, 0.25) is 0 Å². The molecule has 2 N–H and O–H groups in total. The third-order valence-electron chi connectivity index (χ3n) is 2.82. The number of rotatable bonds is 4. The van der Waals surface area contributed by atoms with Crippen molar-refractivity contribution < 1.29 is 10.2 Å². The van der Waals surface area contributed by atoms with Gasteiger partial charge in [-0.15, -0.1) is 0 Å². The minimum Gasteiger partial charge on any atom is -0.396 e. The number of fused-ring (bicyclic) bond motifs is 1. The van der Waals surface area contributed by atoms with Crippen LogP contribution in [0.3, 0.4) is 0 Å². The summed E-state index contributed by atoms with van der Waals surface area (Å²) < 4.78 is 0. The smallest absolute Gasteiger partial charge is 0.0471 e. The molecular weight excluding hydrogens is 200 g/mol. The molecule has 16 heavy (non-hydrogen) atoms. The standard InChI is InChI=1S/C14H16O2/c15-8-6-11-4-5-14-12(7-9-16)2-1-3-13(14)10-11/h1-5,10,15-16H,6-9H2. The molecule has 0 aliphatic rings. The Balaban J connectivity index is 2.46. The van der Waals surface area contributed by atoms with Crippen molar-refractivity contribution in [2.75, 3.05) is 13.2 Å². The molecule has 0 aromatic heterocycles. The largest absolute Gasteiger partial charge is 0.396 e. The van der Waals surface area contributed by atoms with Gasteiger partial charge in [-0.25, -0.2) is 0 Å². The van der Waals surface area contributed by atoms with E-state index in [1.807, 2.05) is 18.2 Å². The second kappa shape index (κ2) is 5.10. The number of aliphatic hydroxyl groups excluding tert-OH is 2. The molecule has 0 aliphatic carbocycles. The zero-order chi connectivity index (χ0) is 11.4. The van der Waals surface area contributed by atoms with Crippen molar-refractivity contribution in [2.45, 2.75) is 12.8 Å². The van der Waals surface area contributed by atoms with Crippen LogP contribution < -0.4 is 0 Å². The average Bonchev–Trinajstić information content (AvgIpc) is 2.30. The molecule has 84 valence electrons. The Hall–Kier alpha value is -1.38. The first-order valence-corrected chi connectivity index (χ1v) is 5.57. The summed E-state index contributed by atoms with van der Waals surface area (Å²) in [5.74, 6) is 0. The van der Waals surface area contributed by atoms with Gasteiger partial charge in [0.25, 0.3) is 0 Å². The lowest BCUT2D eigenvalue weighted by Crippen LogP contribution is -1.94. The lowest BCUT2D eigenvalue weighted by atomic mass is 9.99. The SMILES string of the molecule is OCCc1ccc2c(CCO)cccc2c1. The van der Waals surface area contributed by atoms with Crippen molar-refractivity contribution in [3.63, 3.8) is 0 Å². The first kappa shape index (κ1) is 11.1. The minimum absolute atomic E-state index is 0.178. The molecule has 0 fully saturated rings. The number of aliphatic hydroxyl groups is 2. The van der Waals surface area contributed by atoms with Gasteiger partial charge in [0.15, 0.2) is 0 Å². The van der Waals surface area contributed by atoms with E-state index in [1.54, 1.807) is 0 Å². The van der Waals surface area contributed by atoms with Crippen molar-refractivity contribution >= 4 is 10.8 Å². The highest BCUT2D eigenvalue weighted by molar-refractivity contribution is 5.86.